The first kappa shape index (κ1) is 28.9. The lowest BCUT2D eigenvalue weighted by atomic mass is 9.97. The van der Waals surface area contributed by atoms with Crippen molar-refractivity contribution < 1.29 is 0 Å². The van der Waals surface area contributed by atoms with E-state index < -0.39 is 0 Å². The van der Waals surface area contributed by atoms with Gasteiger partial charge in [0.05, 0.1) is 22.1 Å². The van der Waals surface area contributed by atoms with Gasteiger partial charge in [-0.1, -0.05) is 97.8 Å². The van der Waals surface area contributed by atoms with E-state index in [-0.39, 0.29) is 0 Å². The molecule has 9 aromatic rings. The number of aromatic nitrogens is 2. The number of benzene rings is 7. The highest BCUT2D eigenvalue weighted by molar-refractivity contribution is 6.10. The van der Waals surface area contributed by atoms with Crippen LogP contribution in [0.15, 0.2) is 170 Å². The van der Waals surface area contributed by atoms with Crippen LogP contribution in [0.3, 0.4) is 0 Å². The quantitative estimate of drug-likeness (QED) is 0.176. The zero-order valence-corrected chi connectivity index (χ0v) is 27.9. The molecule has 2 aromatic heterocycles. The first-order valence-corrected chi connectivity index (χ1v) is 17.9. The summed E-state index contributed by atoms with van der Waals surface area (Å²) in [6.07, 6.45) is 5.29. The summed E-state index contributed by atoms with van der Waals surface area (Å²) in [5.74, 6) is 0.688. The Hall–Kier alpha value is -6.06. The van der Waals surface area contributed by atoms with E-state index >= 15 is 0 Å². The van der Waals surface area contributed by atoms with Crippen molar-refractivity contribution in [1.29, 1.82) is 0 Å². The minimum atomic E-state index is 0.688. The molecular weight excluding hydrogens is 607 g/mol. The topological polar surface area (TPSA) is 13.1 Å². The van der Waals surface area contributed by atoms with E-state index in [0.717, 1.165) is 22.7 Å². The first-order chi connectivity index (χ1) is 24.8. The third-order valence-electron chi connectivity index (χ3n) is 10.9. The Morgan fingerprint density at radius 1 is 0.360 bits per heavy atom. The molecule has 0 aliphatic heterocycles. The van der Waals surface area contributed by atoms with E-state index in [1.807, 2.05) is 0 Å². The predicted octanol–water partition coefficient (Wildman–Crippen LogP) is 13.0. The molecule has 2 heterocycles. The number of fused-ring (bicyclic) bond motifs is 6. The Kier molecular flexibility index (Phi) is 6.83. The molecule has 10 rings (SSSR count). The van der Waals surface area contributed by atoms with Crippen molar-refractivity contribution in [1.82, 2.24) is 9.13 Å². The molecule has 0 spiro atoms. The highest BCUT2D eigenvalue weighted by Gasteiger charge is 2.20. The second-order valence-corrected chi connectivity index (χ2v) is 13.7. The van der Waals surface area contributed by atoms with Gasteiger partial charge in [-0.15, -0.1) is 0 Å². The van der Waals surface area contributed by atoms with Crippen LogP contribution in [0.5, 0.6) is 0 Å². The van der Waals surface area contributed by atoms with Crippen LogP contribution in [-0.2, 0) is 0 Å². The van der Waals surface area contributed by atoms with E-state index in [4.69, 9.17) is 0 Å². The number of anilines is 3. The minimum Gasteiger partial charge on any atom is -0.311 e. The summed E-state index contributed by atoms with van der Waals surface area (Å²) < 4.78 is 4.77. The molecule has 50 heavy (non-hydrogen) atoms. The van der Waals surface area contributed by atoms with Gasteiger partial charge in [0.25, 0.3) is 0 Å². The maximum atomic E-state index is 2.39. The normalized spacial score (nSPS) is 13.6. The number of hydrogen-bond acceptors (Lipinski definition) is 1. The maximum absolute atomic E-state index is 2.39. The molecule has 1 aliphatic carbocycles. The van der Waals surface area contributed by atoms with Crippen molar-refractivity contribution in [3.63, 3.8) is 0 Å². The summed E-state index contributed by atoms with van der Waals surface area (Å²) in [6.45, 7) is 0. The molecular formula is C47H37N3. The summed E-state index contributed by atoms with van der Waals surface area (Å²) in [4.78, 5) is 2.39. The molecule has 0 saturated heterocycles. The molecule has 0 unspecified atom stereocenters. The van der Waals surface area contributed by atoms with Gasteiger partial charge in [0.15, 0.2) is 0 Å². The van der Waals surface area contributed by atoms with Crippen LogP contribution < -0.4 is 4.90 Å². The van der Waals surface area contributed by atoms with Gasteiger partial charge in [0, 0.05) is 50.0 Å². The van der Waals surface area contributed by atoms with Gasteiger partial charge in [0.1, 0.15) is 0 Å². The van der Waals surface area contributed by atoms with Crippen LogP contribution in [0.4, 0.5) is 17.1 Å². The Morgan fingerprint density at radius 3 is 1.04 bits per heavy atom. The third-order valence-corrected chi connectivity index (χ3v) is 10.9. The summed E-state index contributed by atoms with van der Waals surface area (Å²) >= 11 is 0. The molecule has 1 fully saturated rings. The fourth-order valence-corrected chi connectivity index (χ4v) is 8.50. The molecule has 240 valence electrons. The monoisotopic (exact) mass is 643 g/mol. The van der Waals surface area contributed by atoms with Crippen LogP contribution in [0.25, 0.3) is 55.0 Å². The van der Waals surface area contributed by atoms with Crippen molar-refractivity contribution in [2.24, 2.45) is 0 Å². The van der Waals surface area contributed by atoms with Gasteiger partial charge >= 0.3 is 0 Å². The number of rotatable bonds is 6. The standard InChI is InChI=1S/C47H37N3/c1-2-12-33(11-1)34-21-23-35(24-22-34)48(36-25-29-38(30-26-36)49-44-17-7-3-13-40(44)41-14-4-8-18-45(41)49)37-27-31-39(32-28-37)50-46-19-9-5-15-42(46)43-16-6-10-20-47(43)50/h3-10,13-33H,1-2,11-12H2. The highest BCUT2D eigenvalue weighted by Crippen LogP contribution is 2.40. The average molecular weight is 644 g/mol. The van der Waals surface area contributed by atoms with Crippen LogP contribution in [-0.4, -0.2) is 9.13 Å². The largest absolute Gasteiger partial charge is 0.311 e. The van der Waals surface area contributed by atoms with E-state index in [9.17, 15) is 0 Å². The van der Waals surface area contributed by atoms with Crippen molar-refractivity contribution in [2.45, 2.75) is 31.6 Å². The van der Waals surface area contributed by atoms with Gasteiger partial charge in [-0.25, -0.2) is 0 Å². The first-order valence-electron chi connectivity index (χ1n) is 17.9. The molecule has 0 amide bonds. The fourth-order valence-electron chi connectivity index (χ4n) is 8.50. The second-order valence-electron chi connectivity index (χ2n) is 13.7. The number of para-hydroxylation sites is 4. The van der Waals surface area contributed by atoms with Gasteiger partial charge in [-0.3, -0.25) is 0 Å². The van der Waals surface area contributed by atoms with Crippen LogP contribution in [0.2, 0.25) is 0 Å². The zero-order valence-electron chi connectivity index (χ0n) is 27.9. The van der Waals surface area contributed by atoms with E-state index in [1.165, 1.54) is 80.5 Å². The van der Waals surface area contributed by atoms with Crippen molar-refractivity contribution in [2.75, 3.05) is 4.90 Å². The van der Waals surface area contributed by atoms with Crippen molar-refractivity contribution in [3.8, 4) is 11.4 Å². The molecule has 3 nitrogen and oxygen atoms in total. The van der Waals surface area contributed by atoms with Gasteiger partial charge < -0.3 is 14.0 Å². The zero-order chi connectivity index (χ0) is 33.0. The Labute approximate surface area is 292 Å². The predicted molar refractivity (Wildman–Crippen MR) is 211 cm³/mol. The number of hydrogen-bond donors (Lipinski definition) is 0. The van der Waals surface area contributed by atoms with Crippen LogP contribution >= 0.6 is 0 Å². The van der Waals surface area contributed by atoms with Gasteiger partial charge in [-0.2, -0.15) is 0 Å². The molecule has 0 radical (unpaired) electrons. The Balaban J connectivity index is 1.08. The molecule has 0 bridgehead atoms. The molecule has 1 aliphatic rings. The molecule has 0 atom stereocenters. The lowest BCUT2D eigenvalue weighted by Crippen LogP contribution is -2.10. The summed E-state index contributed by atoms with van der Waals surface area (Å²) in [5, 5.41) is 5.11. The Bertz CT molecular complexity index is 2370. The van der Waals surface area contributed by atoms with E-state index in [1.54, 1.807) is 0 Å². The second kappa shape index (κ2) is 11.8. The van der Waals surface area contributed by atoms with Crippen LogP contribution in [0.1, 0.15) is 37.2 Å². The Morgan fingerprint density at radius 2 is 0.680 bits per heavy atom. The molecule has 1 saturated carbocycles. The summed E-state index contributed by atoms with van der Waals surface area (Å²) in [5.41, 5.74) is 12.1. The maximum Gasteiger partial charge on any atom is 0.0541 e. The smallest absolute Gasteiger partial charge is 0.0541 e. The highest BCUT2D eigenvalue weighted by atomic mass is 15.1. The van der Waals surface area contributed by atoms with Gasteiger partial charge in [-0.05, 0) is 109 Å². The summed E-state index contributed by atoms with van der Waals surface area (Å²) in [7, 11) is 0. The van der Waals surface area contributed by atoms with Crippen molar-refractivity contribution >= 4 is 60.7 Å². The third kappa shape index (κ3) is 4.65. The van der Waals surface area contributed by atoms with Gasteiger partial charge in [0.2, 0.25) is 0 Å². The fraction of sp³-hybridized carbons (Fsp3) is 0.106. The van der Waals surface area contributed by atoms with E-state index in [0.29, 0.717) is 5.92 Å². The molecule has 3 heteroatoms. The average Bonchev–Trinajstić information content (AvgIpc) is 3.92. The molecule has 7 aromatic carbocycles. The SMILES string of the molecule is c1ccc2c(c1)c1ccccc1n2-c1ccc(N(c2ccc(C3CCCC3)cc2)c2ccc(-n3c4ccccc4c4ccccc43)cc2)cc1. The van der Waals surface area contributed by atoms with E-state index in [2.05, 4.69) is 184 Å². The summed E-state index contributed by atoms with van der Waals surface area (Å²) in [6, 6.07) is 62.3. The van der Waals surface area contributed by atoms with Crippen molar-refractivity contribution in [3.05, 3.63) is 175 Å². The lowest BCUT2D eigenvalue weighted by molar-refractivity contribution is 0.723. The molecule has 0 N–H and O–H groups in total. The number of nitrogens with zero attached hydrogens (tertiary/aromatic N) is 3. The van der Waals surface area contributed by atoms with Crippen LogP contribution in [0, 0.1) is 0 Å². The minimum absolute atomic E-state index is 0.688. The lowest BCUT2D eigenvalue weighted by Gasteiger charge is -2.26.